The number of carboxylic acid groups (broad SMARTS) is 1. The number of benzene rings is 1. The smallest absolute Gasteiger partial charge is 0.328 e. The predicted molar refractivity (Wildman–Crippen MR) is 131 cm³/mol. The first-order chi connectivity index (χ1) is 16.0. The number of thioether (sulfide) groups is 1. The highest BCUT2D eigenvalue weighted by Crippen LogP contribution is 2.08. The standard InChI is InChI=1S/C23H36N4O6S/c1-13(2)18(22(31)27-19(14(3)28)23(32)33)26-21(30)17(10-11-34-4)25-20(29)16(24)12-15-8-6-5-7-9-15/h5-9,13-14,16-19,28H,10-12,24H2,1-4H3,(H,25,29)(H,26,30)(H,27,31)(H,32,33). The third-order valence-corrected chi connectivity index (χ3v) is 5.82. The van der Waals surface area contributed by atoms with Crippen molar-refractivity contribution in [1.29, 1.82) is 0 Å². The number of amides is 3. The van der Waals surface area contributed by atoms with Crippen LogP contribution in [0.15, 0.2) is 30.3 Å². The van der Waals surface area contributed by atoms with Crippen LogP contribution in [0.25, 0.3) is 0 Å². The molecule has 0 radical (unpaired) electrons. The van der Waals surface area contributed by atoms with E-state index in [9.17, 15) is 29.4 Å². The van der Waals surface area contributed by atoms with E-state index >= 15 is 0 Å². The molecule has 11 heteroatoms. The van der Waals surface area contributed by atoms with Gasteiger partial charge in [0.25, 0.3) is 0 Å². The van der Waals surface area contributed by atoms with Crippen molar-refractivity contribution in [2.24, 2.45) is 11.7 Å². The zero-order valence-corrected chi connectivity index (χ0v) is 20.8. The van der Waals surface area contributed by atoms with Gasteiger partial charge in [0.15, 0.2) is 6.04 Å². The van der Waals surface area contributed by atoms with Crippen LogP contribution in [-0.2, 0) is 25.6 Å². The third-order valence-electron chi connectivity index (χ3n) is 5.17. The number of carbonyl (C=O) groups is 4. The molecular weight excluding hydrogens is 460 g/mol. The number of aliphatic hydroxyl groups excluding tert-OH is 1. The van der Waals surface area contributed by atoms with Crippen LogP contribution in [0, 0.1) is 5.92 Å². The van der Waals surface area contributed by atoms with E-state index in [0.29, 0.717) is 18.6 Å². The molecule has 0 heterocycles. The normalized spacial score (nSPS) is 15.5. The zero-order valence-electron chi connectivity index (χ0n) is 20.0. The Balaban J connectivity index is 2.90. The van der Waals surface area contributed by atoms with E-state index in [4.69, 9.17) is 5.73 Å². The molecule has 5 atom stereocenters. The van der Waals surface area contributed by atoms with Crippen molar-refractivity contribution in [3.63, 3.8) is 0 Å². The fraction of sp³-hybridized carbons (Fsp3) is 0.565. The Morgan fingerprint density at radius 2 is 1.53 bits per heavy atom. The second kappa shape index (κ2) is 14.6. The van der Waals surface area contributed by atoms with Gasteiger partial charge in [-0.3, -0.25) is 14.4 Å². The summed E-state index contributed by atoms with van der Waals surface area (Å²) < 4.78 is 0. The van der Waals surface area contributed by atoms with Gasteiger partial charge in [0.05, 0.1) is 12.1 Å². The fourth-order valence-corrected chi connectivity index (χ4v) is 3.64. The molecule has 0 saturated heterocycles. The van der Waals surface area contributed by atoms with Crippen molar-refractivity contribution < 1.29 is 29.4 Å². The summed E-state index contributed by atoms with van der Waals surface area (Å²) in [5, 5.41) is 26.4. The van der Waals surface area contributed by atoms with Gasteiger partial charge in [-0.25, -0.2) is 4.79 Å². The first-order valence-electron chi connectivity index (χ1n) is 11.1. The Morgan fingerprint density at radius 1 is 0.941 bits per heavy atom. The summed E-state index contributed by atoms with van der Waals surface area (Å²) >= 11 is 1.50. The minimum absolute atomic E-state index is 0.302. The average Bonchev–Trinajstić information content (AvgIpc) is 2.77. The zero-order chi connectivity index (χ0) is 25.8. The maximum Gasteiger partial charge on any atom is 0.328 e. The Morgan fingerprint density at radius 3 is 2.03 bits per heavy atom. The monoisotopic (exact) mass is 496 g/mol. The van der Waals surface area contributed by atoms with Crippen LogP contribution in [0.4, 0.5) is 0 Å². The first-order valence-corrected chi connectivity index (χ1v) is 12.5. The Hall–Kier alpha value is -2.63. The van der Waals surface area contributed by atoms with Crippen LogP contribution in [-0.4, -0.2) is 76.2 Å². The molecule has 0 aliphatic carbocycles. The summed E-state index contributed by atoms with van der Waals surface area (Å²) in [7, 11) is 0. The van der Waals surface area contributed by atoms with Crippen LogP contribution in [0.1, 0.15) is 32.8 Å². The summed E-state index contributed by atoms with van der Waals surface area (Å²) in [6, 6.07) is 4.88. The molecule has 1 aromatic rings. The van der Waals surface area contributed by atoms with Gasteiger partial charge < -0.3 is 31.9 Å². The lowest BCUT2D eigenvalue weighted by Gasteiger charge is -2.27. The summed E-state index contributed by atoms with van der Waals surface area (Å²) in [5.74, 6) is -3.01. The molecule has 0 saturated carbocycles. The molecule has 10 nitrogen and oxygen atoms in total. The van der Waals surface area contributed by atoms with Crippen LogP contribution >= 0.6 is 11.8 Å². The van der Waals surface area contributed by atoms with Crippen molar-refractivity contribution in [3.8, 4) is 0 Å². The topological polar surface area (TPSA) is 171 Å². The Kier molecular flexibility index (Phi) is 12.6. The van der Waals surface area contributed by atoms with E-state index < -0.39 is 54.0 Å². The summed E-state index contributed by atoms with van der Waals surface area (Å²) in [6.45, 7) is 4.62. The van der Waals surface area contributed by atoms with E-state index in [2.05, 4.69) is 16.0 Å². The molecule has 0 aromatic heterocycles. The van der Waals surface area contributed by atoms with Crippen molar-refractivity contribution in [1.82, 2.24) is 16.0 Å². The summed E-state index contributed by atoms with van der Waals surface area (Å²) in [4.78, 5) is 49.7. The largest absolute Gasteiger partial charge is 0.480 e. The molecular formula is C23H36N4O6S. The molecule has 0 spiro atoms. The van der Waals surface area contributed by atoms with Crippen LogP contribution in [0.3, 0.4) is 0 Å². The van der Waals surface area contributed by atoms with Gasteiger partial charge >= 0.3 is 5.97 Å². The molecule has 190 valence electrons. The average molecular weight is 497 g/mol. The number of aliphatic carboxylic acids is 1. The second-order valence-corrected chi connectivity index (χ2v) is 9.42. The maximum atomic E-state index is 13.0. The summed E-state index contributed by atoms with van der Waals surface area (Å²) in [5.41, 5.74) is 6.93. The van der Waals surface area contributed by atoms with E-state index in [0.717, 1.165) is 5.56 Å². The van der Waals surface area contributed by atoms with Crippen LogP contribution in [0.2, 0.25) is 0 Å². The van der Waals surface area contributed by atoms with Gasteiger partial charge in [0.1, 0.15) is 12.1 Å². The van der Waals surface area contributed by atoms with Gasteiger partial charge in [0, 0.05) is 0 Å². The SMILES string of the molecule is CSCCC(NC(=O)C(N)Cc1ccccc1)C(=O)NC(C(=O)NC(C(=O)O)C(C)O)C(C)C. The lowest BCUT2D eigenvalue weighted by atomic mass is 10.0. The summed E-state index contributed by atoms with van der Waals surface area (Å²) in [6.07, 6.45) is 1.15. The molecule has 34 heavy (non-hydrogen) atoms. The lowest BCUT2D eigenvalue weighted by Crippen LogP contribution is -2.59. The molecule has 1 aromatic carbocycles. The third kappa shape index (κ3) is 9.70. The number of aliphatic hydroxyl groups is 1. The highest BCUT2D eigenvalue weighted by molar-refractivity contribution is 7.98. The highest BCUT2D eigenvalue weighted by Gasteiger charge is 2.33. The van der Waals surface area contributed by atoms with Crippen molar-refractivity contribution in [2.75, 3.05) is 12.0 Å². The minimum Gasteiger partial charge on any atom is -0.480 e. The molecule has 5 unspecified atom stereocenters. The van der Waals surface area contributed by atoms with Gasteiger partial charge in [-0.05, 0) is 43.3 Å². The van der Waals surface area contributed by atoms with E-state index in [1.165, 1.54) is 18.7 Å². The highest BCUT2D eigenvalue weighted by atomic mass is 32.2. The molecule has 0 bridgehead atoms. The number of hydrogen-bond donors (Lipinski definition) is 6. The fourth-order valence-electron chi connectivity index (χ4n) is 3.16. The number of hydrogen-bond acceptors (Lipinski definition) is 7. The van der Waals surface area contributed by atoms with E-state index in [1.54, 1.807) is 13.8 Å². The quantitative estimate of drug-likeness (QED) is 0.207. The van der Waals surface area contributed by atoms with Crippen molar-refractivity contribution in [3.05, 3.63) is 35.9 Å². The van der Waals surface area contributed by atoms with Crippen LogP contribution < -0.4 is 21.7 Å². The lowest BCUT2D eigenvalue weighted by molar-refractivity contribution is -0.145. The van der Waals surface area contributed by atoms with Crippen molar-refractivity contribution >= 4 is 35.5 Å². The molecule has 7 N–H and O–H groups in total. The molecule has 0 aliphatic heterocycles. The van der Waals surface area contributed by atoms with Crippen LogP contribution in [0.5, 0.6) is 0 Å². The minimum atomic E-state index is -1.52. The Bertz CT molecular complexity index is 821. The number of rotatable bonds is 14. The molecule has 0 fully saturated rings. The predicted octanol–water partition coefficient (Wildman–Crippen LogP) is -0.115. The number of carboxylic acids is 1. The van der Waals surface area contributed by atoms with Gasteiger partial charge in [0.2, 0.25) is 17.7 Å². The van der Waals surface area contributed by atoms with E-state index in [-0.39, 0.29) is 5.92 Å². The number of carbonyl (C=O) groups excluding carboxylic acids is 3. The first kappa shape index (κ1) is 29.4. The van der Waals surface area contributed by atoms with Gasteiger partial charge in [-0.1, -0.05) is 44.2 Å². The molecule has 0 aliphatic rings. The molecule has 1 rings (SSSR count). The Labute approximate surface area is 204 Å². The molecule has 3 amide bonds. The number of nitrogens with two attached hydrogens (primary N) is 1. The maximum absolute atomic E-state index is 13.0. The van der Waals surface area contributed by atoms with Crippen molar-refractivity contribution in [2.45, 2.75) is 63.9 Å². The number of nitrogens with one attached hydrogen (secondary N) is 3. The second-order valence-electron chi connectivity index (χ2n) is 8.43. The van der Waals surface area contributed by atoms with Gasteiger partial charge in [-0.2, -0.15) is 11.8 Å². The van der Waals surface area contributed by atoms with E-state index in [1.807, 2.05) is 36.6 Å². The van der Waals surface area contributed by atoms with Gasteiger partial charge in [-0.15, -0.1) is 0 Å².